The molecule has 2 amide bonds. The molecule has 2 fully saturated rings. The van der Waals surface area contributed by atoms with Crippen molar-refractivity contribution < 1.29 is 37.2 Å². The van der Waals surface area contributed by atoms with Crippen LogP contribution in [0.25, 0.3) is 11.0 Å². The van der Waals surface area contributed by atoms with Crippen molar-refractivity contribution in [2.24, 2.45) is 0 Å². The molecule has 0 radical (unpaired) electrons. The lowest BCUT2D eigenvalue weighted by Crippen LogP contribution is -2.54. The van der Waals surface area contributed by atoms with Crippen molar-refractivity contribution in [3.05, 3.63) is 23.3 Å². The molecule has 0 spiro atoms. The van der Waals surface area contributed by atoms with Crippen LogP contribution in [0.5, 0.6) is 5.75 Å². The zero-order chi connectivity index (χ0) is 28.2. The standard InChI is InChI=1S/C27H38BFN2O7/c1-15-21-19(34-9)10-16(11-20(21)35-22(15)28-37-26(5,6)27(7,8)38-28)23(32)31-13-17(29)12-18(14-31)30-24(33)36-25(2,3)4/h10-11,17-18H,12-14H2,1-9H3,(H,30,33)/t17-,18-/m1/s1. The number of halogens is 1. The fourth-order valence-corrected chi connectivity index (χ4v) is 4.78. The average molecular weight is 532 g/mol. The number of nitrogens with one attached hydrogen (secondary N) is 1. The summed E-state index contributed by atoms with van der Waals surface area (Å²) in [7, 11) is 0.800. The lowest BCUT2D eigenvalue weighted by Gasteiger charge is -2.35. The van der Waals surface area contributed by atoms with Crippen LogP contribution in [0.3, 0.4) is 0 Å². The predicted molar refractivity (Wildman–Crippen MR) is 142 cm³/mol. The van der Waals surface area contributed by atoms with E-state index in [0.29, 0.717) is 22.4 Å². The van der Waals surface area contributed by atoms with E-state index in [1.165, 1.54) is 12.0 Å². The molecule has 0 bridgehead atoms. The molecule has 9 nitrogen and oxygen atoms in total. The third-order valence-electron chi connectivity index (χ3n) is 7.37. The van der Waals surface area contributed by atoms with Gasteiger partial charge in [-0.3, -0.25) is 4.79 Å². The van der Waals surface area contributed by atoms with E-state index >= 15 is 0 Å². The lowest BCUT2D eigenvalue weighted by atomic mass is 9.83. The van der Waals surface area contributed by atoms with Crippen molar-refractivity contribution >= 4 is 35.7 Å². The lowest BCUT2D eigenvalue weighted by molar-refractivity contribution is 0.00578. The van der Waals surface area contributed by atoms with E-state index in [9.17, 15) is 14.0 Å². The quantitative estimate of drug-likeness (QED) is 0.592. The summed E-state index contributed by atoms with van der Waals surface area (Å²) in [5, 5.41) is 3.39. The highest BCUT2D eigenvalue weighted by Crippen LogP contribution is 2.39. The van der Waals surface area contributed by atoms with Crippen molar-refractivity contribution in [2.45, 2.75) is 90.8 Å². The van der Waals surface area contributed by atoms with Crippen LogP contribution in [0.1, 0.15) is 70.8 Å². The van der Waals surface area contributed by atoms with Crippen LogP contribution in [0.4, 0.5) is 9.18 Å². The highest BCUT2D eigenvalue weighted by Gasteiger charge is 2.53. The van der Waals surface area contributed by atoms with Gasteiger partial charge in [0.2, 0.25) is 0 Å². The van der Waals surface area contributed by atoms with E-state index in [-0.39, 0.29) is 25.1 Å². The first-order valence-corrected chi connectivity index (χ1v) is 12.9. The number of carbonyl (C=O) groups is 2. The molecular formula is C27H38BFN2O7. The van der Waals surface area contributed by atoms with E-state index < -0.39 is 48.1 Å². The summed E-state index contributed by atoms with van der Waals surface area (Å²) >= 11 is 0. The van der Waals surface area contributed by atoms with Gasteiger partial charge in [0.1, 0.15) is 28.8 Å². The Hall–Kier alpha value is -2.79. The summed E-state index contributed by atoms with van der Waals surface area (Å²) < 4.78 is 44.1. The number of amides is 2. The minimum absolute atomic E-state index is 0.0813. The highest BCUT2D eigenvalue weighted by molar-refractivity contribution is 6.61. The van der Waals surface area contributed by atoms with Crippen molar-refractivity contribution in [3.8, 4) is 5.75 Å². The number of piperidine rings is 1. The number of hydrogen-bond acceptors (Lipinski definition) is 7. The molecule has 2 aliphatic heterocycles. The Labute approximate surface area is 223 Å². The number of alkyl halides is 1. The molecule has 11 heteroatoms. The number of fused-ring (bicyclic) bond motifs is 1. The van der Waals surface area contributed by atoms with Gasteiger partial charge in [0, 0.05) is 18.5 Å². The summed E-state index contributed by atoms with van der Waals surface area (Å²) in [6, 6.07) is 2.67. The fourth-order valence-electron chi connectivity index (χ4n) is 4.78. The molecule has 2 saturated heterocycles. The first kappa shape index (κ1) is 28.2. The van der Waals surface area contributed by atoms with Crippen LogP contribution in [0.2, 0.25) is 0 Å². The van der Waals surface area contributed by atoms with Gasteiger partial charge in [0.05, 0.1) is 36.3 Å². The van der Waals surface area contributed by atoms with Gasteiger partial charge in [0.15, 0.2) is 0 Å². The molecule has 1 aromatic carbocycles. The minimum Gasteiger partial charge on any atom is -0.496 e. The van der Waals surface area contributed by atoms with Gasteiger partial charge in [-0.15, -0.1) is 0 Å². The Morgan fingerprint density at radius 1 is 1.13 bits per heavy atom. The second-order valence-corrected chi connectivity index (χ2v) is 12.1. The normalized spacial score (nSPS) is 23.0. The Bertz CT molecular complexity index is 1220. The fraction of sp³-hybridized carbons (Fsp3) is 0.630. The number of aryl methyl sites for hydroxylation is 1. The first-order chi connectivity index (χ1) is 17.5. The van der Waals surface area contributed by atoms with Crippen LogP contribution in [0, 0.1) is 6.92 Å². The minimum atomic E-state index is -1.29. The Morgan fingerprint density at radius 2 is 1.76 bits per heavy atom. The third kappa shape index (κ3) is 5.49. The van der Waals surface area contributed by atoms with E-state index in [2.05, 4.69) is 5.32 Å². The largest absolute Gasteiger partial charge is 0.533 e. The topological polar surface area (TPSA) is 99.5 Å². The molecule has 208 valence electrons. The summed E-state index contributed by atoms with van der Waals surface area (Å²) in [5.41, 5.74) is 0.240. The summed E-state index contributed by atoms with van der Waals surface area (Å²) in [4.78, 5) is 27.1. The van der Waals surface area contributed by atoms with Crippen LogP contribution in [0.15, 0.2) is 16.5 Å². The number of ether oxygens (including phenoxy) is 2. The maximum Gasteiger partial charge on any atom is 0.533 e. The number of alkyl carbamates (subject to hydrolysis) is 1. The zero-order valence-electron chi connectivity index (χ0n) is 23.7. The second kappa shape index (κ2) is 9.75. The van der Waals surface area contributed by atoms with Gasteiger partial charge < -0.3 is 33.4 Å². The molecule has 3 heterocycles. The summed E-state index contributed by atoms with van der Waals surface area (Å²) in [6.45, 7) is 15.1. The highest BCUT2D eigenvalue weighted by atomic mass is 19.1. The van der Waals surface area contributed by atoms with Gasteiger partial charge in [0.25, 0.3) is 5.91 Å². The number of methoxy groups -OCH3 is 1. The van der Waals surface area contributed by atoms with Gasteiger partial charge >= 0.3 is 13.2 Å². The maximum absolute atomic E-state index is 14.6. The van der Waals surface area contributed by atoms with Crippen molar-refractivity contribution in [1.82, 2.24) is 10.2 Å². The average Bonchev–Trinajstić information content (AvgIpc) is 3.22. The summed E-state index contributed by atoms with van der Waals surface area (Å²) in [6.07, 6.45) is -1.84. The monoisotopic (exact) mass is 532 g/mol. The SMILES string of the molecule is COc1cc(C(=O)N2C[C@H](F)C[C@@H](NC(=O)OC(C)(C)C)C2)cc2oc(B3OC(C)(C)C(C)(C)O3)c(C)c12. The smallest absolute Gasteiger partial charge is 0.496 e. The van der Waals surface area contributed by atoms with Crippen molar-refractivity contribution in [1.29, 1.82) is 0 Å². The maximum atomic E-state index is 14.6. The van der Waals surface area contributed by atoms with Crippen LogP contribution in [-0.2, 0) is 14.0 Å². The molecule has 0 saturated carbocycles. The molecule has 4 rings (SSSR count). The zero-order valence-corrected chi connectivity index (χ0v) is 23.7. The molecule has 2 aromatic rings. The van der Waals surface area contributed by atoms with Gasteiger partial charge in [-0.05, 0) is 73.1 Å². The van der Waals surface area contributed by atoms with Gasteiger partial charge in [-0.25, -0.2) is 9.18 Å². The molecule has 1 aromatic heterocycles. The van der Waals surface area contributed by atoms with Crippen molar-refractivity contribution in [3.63, 3.8) is 0 Å². The third-order valence-corrected chi connectivity index (χ3v) is 7.37. The number of carbonyl (C=O) groups excluding carboxylic acids is 2. The molecule has 2 atom stereocenters. The molecule has 0 unspecified atom stereocenters. The van der Waals surface area contributed by atoms with Gasteiger partial charge in [-0.2, -0.15) is 0 Å². The molecule has 2 aliphatic rings. The summed E-state index contributed by atoms with van der Waals surface area (Å²) in [5.74, 6) is 0.0573. The number of furan rings is 1. The molecule has 1 N–H and O–H groups in total. The molecular weight excluding hydrogens is 494 g/mol. The number of rotatable bonds is 4. The van der Waals surface area contributed by atoms with Crippen LogP contribution >= 0.6 is 0 Å². The van der Waals surface area contributed by atoms with Crippen molar-refractivity contribution in [2.75, 3.05) is 20.2 Å². The second-order valence-electron chi connectivity index (χ2n) is 12.1. The number of nitrogens with zero attached hydrogens (tertiary/aromatic N) is 1. The van der Waals surface area contributed by atoms with Gasteiger partial charge in [-0.1, -0.05) is 0 Å². The van der Waals surface area contributed by atoms with Crippen LogP contribution in [-0.4, -0.2) is 73.2 Å². The molecule has 0 aliphatic carbocycles. The Kier molecular flexibility index (Phi) is 7.24. The van der Waals surface area contributed by atoms with E-state index in [1.54, 1.807) is 32.9 Å². The first-order valence-electron chi connectivity index (χ1n) is 12.9. The molecule has 38 heavy (non-hydrogen) atoms. The van der Waals surface area contributed by atoms with E-state index in [1.807, 2.05) is 34.6 Å². The Morgan fingerprint density at radius 3 is 2.34 bits per heavy atom. The Balaban J connectivity index is 1.60. The number of likely N-dealkylation sites (tertiary alicyclic amines) is 1. The number of benzene rings is 1. The van der Waals surface area contributed by atoms with Crippen LogP contribution < -0.4 is 15.7 Å². The van der Waals surface area contributed by atoms with E-state index in [0.717, 1.165) is 5.56 Å². The van der Waals surface area contributed by atoms with E-state index in [4.69, 9.17) is 23.2 Å². The number of hydrogen-bond donors (Lipinski definition) is 1. The predicted octanol–water partition coefficient (Wildman–Crippen LogP) is 4.13.